The van der Waals surface area contributed by atoms with Crippen LogP contribution in [0, 0.1) is 6.92 Å². The normalized spacial score (nSPS) is 11.2. The zero-order chi connectivity index (χ0) is 23.8. The molecule has 0 saturated heterocycles. The number of amides is 1. The fraction of sp³-hybridized carbons (Fsp3) is 0.0800. The van der Waals surface area contributed by atoms with E-state index in [-0.39, 0.29) is 5.91 Å². The first kappa shape index (κ1) is 22.5. The molecule has 2 heterocycles. The standard InChI is InChI=1S/C25H18Cl3N5O/c1-15-12-23(30-24(34)17-6-2-3-7-18(17)26)33(31-15)25-29-21-8-4-5-9-22(21)32(25)14-16-10-11-19(27)20(28)13-16/h2-13H,14H2,1H3,(H,30,34). The molecule has 0 radical (unpaired) electrons. The van der Waals surface area contributed by atoms with Crippen LogP contribution in [0.3, 0.4) is 0 Å². The molecule has 0 aliphatic heterocycles. The van der Waals surface area contributed by atoms with E-state index in [0.717, 1.165) is 22.3 Å². The van der Waals surface area contributed by atoms with Crippen molar-refractivity contribution >= 4 is 57.6 Å². The monoisotopic (exact) mass is 509 g/mol. The molecule has 34 heavy (non-hydrogen) atoms. The van der Waals surface area contributed by atoms with Crippen molar-refractivity contribution in [3.8, 4) is 5.95 Å². The summed E-state index contributed by atoms with van der Waals surface area (Å²) < 4.78 is 3.65. The van der Waals surface area contributed by atoms with Gasteiger partial charge in [-0.2, -0.15) is 9.78 Å². The SMILES string of the molecule is Cc1cc(NC(=O)c2ccccc2Cl)n(-c2nc3ccccc3n2Cc2ccc(Cl)c(Cl)c2)n1. The lowest BCUT2D eigenvalue weighted by atomic mass is 10.2. The van der Waals surface area contributed by atoms with E-state index in [0.29, 0.717) is 38.9 Å². The number of halogens is 3. The minimum absolute atomic E-state index is 0.334. The second kappa shape index (κ2) is 9.14. The topological polar surface area (TPSA) is 64.7 Å². The van der Waals surface area contributed by atoms with Crippen LogP contribution in [0.2, 0.25) is 15.1 Å². The molecular weight excluding hydrogens is 493 g/mol. The highest BCUT2D eigenvalue weighted by atomic mass is 35.5. The molecule has 9 heteroatoms. The molecule has 0 fully saturated rings. The maximum atomic E-state index is 13.0. The molecule has 0 aliphatic rings. The molecule has 0 aliphatic carbocycles. The third kappa shape index (κ3) is 4.28. The Morgan fingerprint density at radius 1 is 0.912 bits per heavy atom. The molecule has 3 aromatic carbocycles. The van der Waals surface area contributed by atoms with Gasteiger partial charge in [0.05, 0.1) is 43.9 Å². The second-order valence-corrected chi connectivity index (χ2v) is 8.97. The van der Waals surface area contributed by atoms with Gasteiger partial charge in [-0.15, -0.1) is 0 Å². The number of nitrogens with zero attached hydrogens (tertiary/aromatic N) is 4. The highest BCUT2D eigenvalue weighted by Gasteiger charge is 2.20. The number of imidazole rings is 1. The van der Waals surface area contributed by atoms with Crippen molar-refractivity contribution in [2.75, 3.05) is 5.32 Å². The summed E-state index contributed by atoms with van der Waals surface area (Å²) in [7, 11) is 0. The van der Waals surface area contributed by atoms with Crippen LogP contribution in [-0.4, -0.2) is 25.2 Å². The molecule has 6 nitrogen and oxygen atoms in total. The van der Waals surface area contributed by atoms with Crippen LogP contribution in [-0.2, 0) is 6.54 Å². The van der Waals surface area contributed by atoms with Gasteiger partial charge in [0, 0.05) is 6.07 Å². The number of para-hydroxylation sites is 2. The van der Waals surface area contributed by atoms with Crippen molar-refractivity contribution in [2.24, 2.45) is 0 Å². The molecule has 1 amide bonds. The molecule has 0 unspecified atom stereocenters. The van der Waals surface area contributed by atoms with Crippen LogP contribution in [0.1, 0.15) is 21.6 Å². The van der Waals surface area contributed by atoms with E-state index < -0.39 is 0 Å². The number of hydrogen-bond donors (Lipinski definition) is 1. The molecule has 170 valence electrons. The Labute approximate surface area is 210 Å². The molecule has 0 saturated carbocycles. The van der Waals surface area contributed by atoms with Gasteiger partial charge in [0.25, 0.3) is 5.91 Å². The van der Waals surface area contributed by atoms with E-state index in [2.05, 4.69) is 10.4 Å². The lowest BCUT2D eigenvalue weighted by Gasteiger charge is -2.13. The van der Waals surface area contributed by atoms with E-state index in [1.54, 1.807) is 41.1 Å². The van der Waals surface area contributed by atoms with Crippen molar-refractivity contribution in [1.29, 1.82) is 0 Å². The number of aryl methyl sites for hydroxylation is 1. The van der Waals surface area contributed by atoms with Gasteiger partial charge < -0.3 is 9.88 Å². The molecule has 0 spiro atoms. The third-order valence-electron chi connectivity index (χ3n) is 5.34. The first-order chi connectivity index (χ1) is 16.4. The number of carbonyl (C=O) groups excluding carboxylic acids is 1. The maximum Gasteiger partial charge on any atom is 0.258 e. The molecule has 0 bridgehead atoms. The predicted molar refractivity (Wildman–Crippen MR) is 137 cm³/mol. The van der Waals surface area contributed by atoms with Gasteiger partial charge in [0.15, 0.2) is 0 Å². The average molecular weight is 511 g/mol. The number of aromatic nitrogens is 4. The maximum absolute atomic E-state index is 13.0. The Balaban J connectivity index is 1.60. The van der Waals surface area contributed by atoms with Crippen molar-refractivity contribution < 1.29 is 4.79 Å². The van der Waals surface area contributed by atoms with Crippen LogP contribution in [0.5, 0.6) is 0 Å². The number of fused-ring (bicyclic) bond motifs is 1. The number of nitrogens with one attached hydrogen (secondary N) is 1. The van der Waals surface area contributed by atoms with E-state index in [4.69, 9.17) is 39.8 Å². The minimum atomic E-state index is -0.334. The summed E-state index contributed by atoms with van der Waals surface area (Å²) in [5, 5.41) is 8.89. The van der Waals surface area contributed by atoms with E-state index >= 15 is 0 Å². The summed E-state index contributed by atoms with van der Waals surface area (Å²) in [5.74, 6) is 0.696. The van der Waals surface area contributed by atoms with Gasteiger partial charge >= 0.3 is 0 Å². The number of carbonyl (C=O) groups is 1. The summed E-state index contributed by atoms with van der Waals surface area (Å²) in [4.78, 5) is 17.8. The van der Waals surface area contributed by atoms with E-state index in [1.165, 1.54) is 0 Å². The smallest absolute Gasteiger partial charge is 0.258 e. The lowest BCUT2D eigenvalue weighted by Crippen LogP contribution is -2.17. The highest BCUT2D eigenvalue weighted by molar-refractivity contribution is 6.42. The summed E-state index contributed by atoms with van der Waals surface area (Å²) >= 11 is 18.6. The first-order valence-corrected chi connectivity index (χ1v) is 11.6. The van der Waals surface area contributed by atoms with Crippen LogP contribution in [0.25, 0.3) is 17.0 Å². The molecule has 1 N–H and O–H groups in total. The third-order valence-corrected chi connectivity index (χ3v) is 6.41. The molecule has 0 atom stereocenters. The van der Waals surface area contributed by atoms with Crippen LogP contribution >= 0.6 is 34.8 Å². The van der Waals surface area contributed by atoms with Crippen LogP contribution in [0.4, 0.5) is 5.82 Å². The number of hydrogen-bond acceptors (Lipinski definition) is 3. The van der Waals surface area contributed by atoms with Crippen molar-refractivity contribution in [2.45, 2.75) is 13.5 Å². The summed E-state index contributed by atoms with van der Waals surface area (Å²) in [6, 6.07) is 22.0. The summed E-state index contributed by atoms with van der Waals surface area (Å²) in [6.07, 6.45) is 0. The average Bonchev–Trinajstić information content (AvgIpc) is 3.36. The Bertz CT molecular complexity index is 1540. The van der Waals surface area contributed by atoms with E-state index in [9.17, 15) is 4.79 Å². The first-order valence-electron chi connectivity index (χ1n) is 10.4. The van der Waals surface area contributed by atoms with Crippen LogP contribution < -0.4 is 5.32 Å². The fourth-order valence-electron chi connectivity index (χ4n) is 3.77. The lowest BCUT2D eigenvalue weighted by molar-refractivity contribution is 0.102. The highest BCUT2D eigenvalue weighted by Crippen LogP contribution is 2.27. The second-order valence-electron chi connectivity index (χ2n) is 7.75. The predicted octanol–water partition coefficient (Wildman–Crippen LogP) is 6.79. The summed E-state index contributed by atoms with van der Waals surface area (Å²) in [5.41, 5.74) is 3.76. The van der Waals surface area contributed by atoms with Gasteiger partial charge in [-0.05, 0) is 48.9 Å². The zero-order valence-electron chi connectivity index (χ0n) is 18.0. The largest absolute Gasteiger partial charge is 0.306 e. The Hall–Kier alpha value is -3.32. The van der Waals surface area contributed by atoms with Crippen molar-refractivity contribution in [3.05, 3.63) is 105 Å². The van der Waals surface area contributed by atoms with Gasteiger partial charge in [-0.3, -0.25) is 4.79 Å². The molecule has 5 rings (SSSR count). The van der Waals surface area contributed by atoms with Crippen molar-refractivity contribution in [3.63, 3.8) is 0 Å². The molecular formula is C25H18Cl3N5O. The van der Waals surface area contributed by atoms with Gasteiger partial charge in [0.2, 0.25) is 5.95 Å². The van der Waals surface area contributed by atoms with Crippen molar-refractivity contribution in [1.82, 2.24) is 19.3 Å². The van der Waals surface area contributed by atoms with E-state index in [1.807, 2.05) is 47.9 Å². The molecule has 5 aromatic rings. The number of anilines is 1. The van der Waals surface area contributed by atoms with Gasteiger partial charge in [-0.25, -0.2) is 4.98 Å². The van der Waals surface area contributed by atoms with Crippen LogP contribution in [0.15, 0.2) is 72.8 Å². The Morgan fingerprint density at radius 2 is 1.68 bits per heavy atom. The number of rotatable bonds is 5. The number of benzene rings is 3. The zero-order valence-corrected chi connectivity index (χ0v) is 20.2. The minimum Gasteiger partial charge on any atom is -0.306 e. The molecule has 2 aromatic heterocycles. The fourth-order valence-corrected chi connectivity index (χ4v) is 4.31. The van der Waals surface area contributed by atoms with Gasteiger partial charge in [0.1, 0.15) is 5.82 Å². The van der Waals surface area contributed by atoms with Gasteiger partial charge in [-0.1, -0.05) is 65.1 Å². The Kier molecular flexibility index (Phi) is 6.04. The summed E-state index contributed by atoms with van der Waals surface area (Å²) in [6.45, 7) is 2.33. The quantitative estimate of drug-likeness (QED) is 0.283. The Morgan fingerprint density at radius 3 is 2.47 bits per heavy atom.